The first-order chi connectivity index (χ1) is 16.8. The monoisotopic (exact) mass is 487 g/mol. The van der Waals surface area contributed by atoms with Crippen molar-refractivity contribution < 1.29 is 38.1 Å². The number of carbonyl (C=O) groups excluding carboxylic acids is 3. The zero-order valence-corrected chi connectivity index (χ0v) is 20.8. The first kappa shape index (κ1) is 27.8. The number of aromatic nitrogens is 1. The Morgan fingerprint density at radius 2 is 1.77 bits per heavy atom. The van der Waals surface area contributed by atoms with E-state index in [1.165, 1.54) is 26.3 Å². The van der Waals surface area contributed by atoms with Gasteiger partial charge in [0.15, 0.2) is 23.3 Å². The predicted octanol–water partition coefficient (Wildman–Crippen LogP) is 4.03. The van der Waals surface area contributed by atoms with Crippen LogP contribution in [0.2, 0.25) is 0 Å². The number of nitrogens with zero attached hydrogens (tertiary/aromatic N) is 1. The zero-order valence-electron chi connectivity index (χ0n) is 20.8. The minimum Gasteiger partial charge on any atom is -0.493 e. The van der Waals surface area contributed by atoms with Crippen LogP contribution in [0, 0.1) is 5.92 Å². The summed E-state index contributed by atoms with van der Waals surface area (Å²) in [6.07, 6.45) is 0.844. The lowest BCUT2D eigenvalue weighted by molar-refractivity contribution is -0.158. The highest BCUT2D eigenvalue weighted by Crippen LogP contribution is 2.31. The molecular weight excluding hydrogens is 454 g/mol. The highest BCUT2D eigenvalue weighted by atomic mass is 16.6. The highest BCUT2D eigenvalue weighted by Gasteiger charge is 2.29. The number of Topliss-reactive ketones (excluding diaryl/α,β-unsaturated/α-hetero) is 1. The third-order valence-electron chi connectivity index (χ3n) is 4.98. The zero-order chi connectivity index (χ0) is 25.8. The summed E-state index contributed by atoms with van der Waals surface area (Å²) in [7, 11) is 1.39. The maximum Gasteiger partial charge on any atom is 0.309 e. The molecule has 1 aromatic heterocycles. The summed E-state index contributed by atoms with van der Waals surface area (Å²) in [4.78, 5) is 41.2. The van der Waals surface area contributed by atoms with Gasteiger partial charge in [-0.2, -0.15) is 0 Å². The molecule has 0 spiro atoms. The van der Waals surface area contributed by atoms with Crippen molar-refractivity contribution in [2.45, 2.75) is 52.7 Å². The molecule has 0 aliphatic rings. The molecule has 35 heavy (non-hydrogen) atoms. The summed E-state index contributed by atoms with van der Waals surface area (Å²) in [6.45, 7) is 7.30. The molecule has 0 saturated carbocycles. The summed E-state index contributed by atoms with van der Waals surface area (Å²) >= 11 is 0. The van der Waals surface area contributed by atoms with Crippen LogP contribution in [0.15, 0.2) is 42.6 Å². The van der Waals surface area contributed by atoms with Crippen LogP contribution in [-0.4, -0.2) is 55.2 Å². The molecule has 0 amide bonds. The number of ketones is 1. The van der Waals surface area contributed by atoms with Gasteiger partial charge in [0.2, 0.25) is 5.75 Å². The second kappa shape index (κ2) is 14.1. The summed E-state index contributed by atoms with van der Waals surface area (Å²) < 4.78 is 27.6. The van der Waals surface area contributed by atoms with E-state index in [0.29, 0.717) is 12.4 Å². The number of ether oxygens (including phenoxy) is 5. The number of hydrogen-bond acceptors (Lipinski definition) is 9. The molecule has 0 saturated heterocycles. The fraction of sp³-hybridized carbons (Fsp3) is 0.462. The third-order valence-corrected chi connectivity index (χ3v) is 4.98. The molecule has 9 heteroatoms. The summed E-state index contributed by atoms with van der Waals surface area (Å²) in [5.41, 5.74) is -0.0921. The molecule has 2 aromatic rings. The number of para-hydroxylation sites is 1. The fourth-order valence-corrected chi connectivity index (χ4v) is 3.15. The van der Waals surface area contributed by atoms with E-state index < -0.39 is 35.8 Å². The molecule has 0 aliphatic heterocycles. The van der Waals surface area contributed by atoms with Crippen LogP contribution in [0.25, 0.3) is 0 Å². The lowest BCUT2D eigenvalue weighted by Gasteiger charge is -2.26. The predicted molar refractivity (Wildman–Crippen MR) is 128 cm³/mol. The van der Waals surface area contributed by atoms with E-state index in [0.717, 1.165) is 6.42 Å². The average molecular weight is 488 g/mol. The Hall–Kier alpha value is -3.46. The van der Waals surface area contributed by atoms with Crippen LogP contribution in [-0.2, 0) is 19.1 Å². The molecular formula is C26H33NO8. The van der Waals surface area contributed by atoms with Crippen molar-refractivity contribution >= 4 is 17.7 Å². The van der Waals surface area contributed by atoms with Gasteiger partial charge < -0.3 is 23.7 Å². The molecule has 0 unspecified atom stereocenters. The van der Waals surface area contributed by atoms with E-state index in [9.17, 15) is 14.4 Å². The molecule has 0 N–H and O–H groups in total. The number of methoxy groups -OCH3 is 1. The molecule has 1 aromatic carbocycles. The second-order valence-corrected chi connectivity index (χ2v) is 8.00. The van der Waals surface area contributed by atoms with Crippen molar-refractivity contribution in [3.8, 4) is 17.2 Å². The number of esters is 2. The summed E-state index contributed by atoms with van der Waals surface area (Å²) in [5, 5.41) is 0. The van der Waals surface area contributed by atoms with E-state index in [-0.39, 0.29) is 30.2 Å². The van der Waals surface area contributed by atoms with E-state index in [1.807, 2.05) is 37.3 Å². The Bertz CT molecular complexity index is 979. The Morgan fingerprint density at radius 1 is 1.06 bits per heavy atom. The van der Waals surface area contributed by atoms with Crippen molar-refractivity contribution in [1.82, 2.24) is 4.98 Å². The van der Waals surface area contributed by atoms with Crippen LogP contribution < -0.4 is 14.2 Å². The number of hydrogen-bond donors (Lipinski definition) is 0. The number of rotatable bonds is 14. The second-order valence-electron chi connectivity index (χ2n) is 8.00. The quantitative estimate of drug-likeness (QED) is 0.221. The van der Waals surface area contributed by atoms with E-state index in [1.54, 1.807) is 13.8 Å². The number of benzene rings is 1. The molecule has 0 radical (unpaired) electrons. The maximum absolute atomic E-state index is 12.9. The normalized spacial score (nSPS) is 13.3. The van der Waals surface area contributed by atoms with Crippen LogP contribution >= 0.6 is 0 Å². The summed E-state index contributed by atoms with van der Waals surface area (Å²) in [5.74, 6) is -1.72. The Balaban J connectivity index is 2.06. The molecule has 9 nitrogen and oxygen atoms in total. The molecule has 0 fully saturated rings. The van der Waals surface area contributed by atoms with Crippen LogP contribution in [0.1, 0.15) is 51.0 Å². The van der Waals surface area contributed by atoms with Crippen LogP contribution in [0.3, 0.4) is 0 Å². The average Bonchev–Trinajstić information content (AvgIpc) is 2.83. The molecule has 1 heterocycles. The summed E-state index contributed by atoms with van der Waals surface area (Å²) in [6, 6.07) is 10.7. The topological polar surface area (TPSA) is 110 Å². The first-order valence-electron chi connectivity index (χ1n) is 11.5. The lowest BCUT2D eigenvalue weighted by atomic mass is 10.0. The van der Waals surface area contributed by atoms with Gasteiger partial charge in [-0.1, -0.05) is 32.0 Å². The van der Waals surface area contributed by atoms with E-state index in [2.05, 4.69) is 4.98 Å². The maximum atomic E-state index is 12.9. The van der Waals surface area contributed by atoms with E-state index >= 15 is 0 Å². The fourth-order valence-electron chi connectivity index (χ4n) is 3.15. The van der Waals surface area contributed by atoms with Crippen molar-refractivity contribution in [1.29, 1.82) is 0 Å². The number of carbonyl (C=O) groups is 3. The largest absolute Gasteiger partial charge is 0.493 e. The molecule has 0 aliphatic carbocycles. The lowest BCUT2D eigenvalue weighted by Crippen LogP contribution is -2.38. The SMILES string of the molecule is CCCOC[C@@H](Oc1ccccc1)[C@H](C)OC(=O)[C@H](C)CC(=O)c1nccc(OC)c1OC(C)=O. The third kappa shape index (κ3) is 8.68. The standard InChI is InChI=1S/C26H33NO8/c1-6-14-32-16-23(35-20-10-8-7-9-11-20)18(3)33-26(30)17(2)15-21(29)24-25(34-19(4)28)22(31-5)12-13-27-24/h7-13,17-18,23H,6,14-16H2,1-5H3/t17-,18+,23-/m1/s1. The Morgan fingerprint density at radius 3 is 2.40 bits per heavy atom. The molecule has 3 atom stereocenters. The smallest absolute Gasteiger partial charge is 0.309 e. The van der Waals surface area contributed by atoms with Crippen LogP contribution in [0.5, 0.6) is 17.2 Å². The molecule has 190 valence electrons. The van der Waals surface area contributed by atoms with E-state index in [4.69, 9.17) is 23.7 Å². The van der Waals surface area contributed by atoms with Gasteiger partial charge in [-0.05, 0) is 25.5 Å². The Labute approximate surface area is 205 Å². The molecule has 0 bridgehead atoms. The minimum atomic E-state index is -0.780. The van der Waals surface area contributed by atoms with Gasteiger partial charge in [0.25, 0.3) is 0 Å². The van der Waals surface area contributed by atoms with Gasteiger partial charge in [-0.15, -0.1) is 0 Å². The van der Waals surface area contributed by atoms with Crippen molar-refractivity contribution in [2.24, 2.45) is 5.92 Å². The number of pyridine rings is 1. The van der Waals surface area contributed by atoms with Gasteiger partial charge >= 0.3 is 11.9 Å². The Kier molecular flexibility index (Phi) is 11.2. The first-order valence-corrected chi connectivity index (χ1v) is 11.5. The molecule has 2 rings (SSSR count). The van der Waals surface area contributed by atoms with Gasteiger partial charge in [-0.25, -0.2) is 4.98 Å². The van der Waals surface area contributed by atoms with Gasteiger partial charge in [0.05, 0.1) is 19.6 Å². The van der Waals surface area contributed by atoms with Crippen LogP contribution in [0.4, 0.5) is 0 Å². The minimum absolute atomic E-state index is 0.0779. The highest BCUT2D eigenvalue weighted by molar-refractivity contribution is 5.99. The van der Waals surface area contributed by atoms with Gasteiger partial charge in [-0.3, -0.25) is 14.4 Å². The van der Waals surface area contributed by atoms with Crippen molar-refractivity contribution in [3.05, 3.63) is 48.3 Å². The van der Waals surface area contributed by atoms with Gasteiger partial charge in [0.1, 0.15) is 11.9 Å². The van der Waals surface area contributed by atoms with Gasteiger partial charge in [0, 0.05) is 32.2 Å². The van der Waals surface area contributed by atoms with Crippen molar-refractivity contribution in [3.63, 3.8) is 0 Å². The van der Waals surface area contributed by atoms with Crippen molar-refractivity contribution in [2.75, 3.05) is 20.3 Å².